The molecule has 2 heterocycles. The standard InChI is InChI=1S/C13H13N3OS/c1-2-16-8-10(7-14-16)17-9-13-15-11-5-3-4-6-12(11)18-13/h3-8H,2,9H2,1H3. The molecule has 0 fully saturated rings. The molecule has 0 aliphatic heterocycles. The molecule has 0 aliphatic carbocycles. The van der Waals surface area contributed by atoms with Crippen molar-refractivity contribution in [3.63, 3.8) is 0 Å². The number of hydrogen-bond acceptors (Lipinski definition) is 4. The van der Waals surface area contributed by atoms with Crippen molar-refractivity contribution in [2.24, 2.45) is 0 Å². The molecule has 0 spiro atoms. The lowest BCUT2D eigenvalue weighted by atomic mass is 10.3. The topological polar surface area (TPSA) is 39.9 Å². The highest BCUT2D eigenvalue weighted by Gasteiger charge is 2.04. The average molecular weight is 259 g/mol. The molecule has 0 amide bonds. The van der Waals surface area contributed by atoms with Crippen LogP contribution in [0, 0.1) is 0 Å². The summed E-state index contributed by atoms with van der Waals surface area (Å²) in [5, 5.41) is 5.15. The molecule has 2 aromatic heterocycles. The van der Waals surface area contributed by atoms with E-state index in [1.165, 1.54) is 4.70 Å². The second-order valence-electron chi connectivity index (χ2n) is 3.90. The van der Waals surface area contributed by atoms with Gasteiger partial charge in [-0.15, -0.1) is 11.3 Å². The summed E-state index contributed by atoms with van der Waals surface area (Å²) in [7, 11) is 0. The van der Waals surface area contributed by atoms with Gasteiger partial charge in [-0.05, 0) is 19.1 Å². The van der Waals surface area contributed by atoms with Gasteiger partial charge in [-0.1, -0.05) is 12.1 Å². The van der Waals surface area contributed by atoms with Gasteiger partial charge in [-0.2, -0.15) is 5.10 Å². The molecule has 3 rings (SSSR count). The number of ether oxygens (including phenoxy) is 1. The van der Waals surface area contributed by atoms with E-state index in [1.807, 2.05) is 36.0 Å². The molecule has 1 aromatic carbocycles. The van der Waals surface area contributed by atoms with Crippen molar-refractivity contribution in [1.82, 2.24) is 14.8 Å². The summed E-state index contributed by atoms with van der Waals surface area (Å²) in [4.78, 5) is 4.52. The Hall–Kier alpha value is -1.88. The van der Waals surface area contributed by atoms with Crippen LogP contribution in [0.3, 0.4) is 0 Å². The maximum absolute atomic E-state index is 5.67. The van der Waals surface area contributed by atoms with Gasteiger partial charge in [0.2, 0.25) is 0 Å². The van der Waals surface area contributed by atoms with E-state index in [1.54, 1.807) is 17.5 Å². The summed E-state index contributed by atoms with van der Waals surface area (Å²) in [6.45, 7) is 3.39. The normalized spacial score (nSPS) is 10.9. The zero-order chi connectivity index (χ0) is 12.4. The van der Waals surface area contributed by atoms with E-state index in [-0.39, 0.29) is 0 Å². The molecule has 92 valence electrons. The Morgan fingerprint density at radius 1 is 1.33 bits per heavy atom. The molecule has 0 atom stereocenters. The zero-order valence-corrected chi connectivity index (χ0v) is 10.9. The highest BCUT2D eigenvalue weighted by Crippen LogP contribution is 2.22. The summed E-state index contributed by atoms with van der Waals surface area (Å²) in [6, 6.07) is 8.12. The van der Waals surface area contributed by atoms with Crippen molar-refractivity contribution in [1.29, 1.82) is 0 Å². The monoisotopic (exact) mass is 259 g/mol. The first-order valence-corrected chi connectivity index (χ1v) is 6.66. The number of nitrogens with zero attached hydrogens (tertiary/aromatic N) is 3. The number of fused-ring (bicyclic) bond motifs is 1. The van der Waals surface area contributed by atoms with Gasteiger partial charge in [0.1, 0.15) is 11.6 Å². The van der Waals surface area contributed by atoms with Crippen molar-refractivity contribution in [3.8, 4) is 5.75 Å². The Morgan fingerprint density at radius 2 is 2.22 bits per heavy atom. The maximum Gasteiger partial charge on any atom is 0.157 e. The second kappa shape index (κ2) is 4.78. The molecule has 0 bridgehead atoms. The maximum atomic E-state index is 5.67. The Bertz CT molecular complexity index is 626. The first kappa shape index (κ1) is 11.2. The molecule has 3 aromatic rings. The number of aryl methyl sites for hydroxylation is 1. The number of para-hydroxylation sites is 1. The van der Waals surface area contributed by atoms with Gasteiger partial charge in [0.15, 0.2) is 5.75 Å². The SMILES string of the molecule is CCn1cc(OCc2nc3ccccc3s2)cn1. The minimum Gasteiger partial charge on any atom is -0.483 e. The molecule has 0 saturated heterocycles. The van der Waals surface area contributed by atoms with Gasteiger partial charge >= 0.3 is 0 Å². The lowest BCUT2D eigenvalue weighted by molar-refractivity contribution is 0.305. The average Bonchev–Trinajstić information content (AvgIpc) is 3.02. The fraction of sp³-hybridized carbons (Fsp3) is 0.231. The Morgan fingerprint density at radius 3 is 3.00 bits per heavy atom. The third-order valence-electron chi connectivity index (χ3n) is 2.63. The quantitative estimate of drug-likeness (QED) is 0.723. The van der Waals surface area contributed by atoms with Crippen molar-refractivity contribution in [2.45, 2.75) is 20.1 Å². The number of thiazole rings is 1. The summed E-state index contributed by atoms with van der Waals surface area (Å²) < 4.78 is 8.70. The van der Waals surface area contributed by atoms with Crippen LogP contribution in [0.25, 0.3) is 10.2 Å². The van der Waals surface area contributed by atoms with Crippen LogP contribution in [0.5, 0.6) is 5.75 Å². The summed E-state index contributed by atoms with van der Waals surface area (Å²) in [5.74, 6) is 0.788. The van der Waals surface area contributed by atoms with Crippen molar-refractivity contribution in [2.75, 3.05) is 0 Å². The van der Waals surface area contributed by atoms with Crippen LogP contribution in [0.15, 0.2) is 36.7 Å². The second-order valence-corrected chi connectivity index (χ2v) is 5.01. The molecular weight excluding hydrogens is 246 g/mol. The third kappa shape index (κ3) is 2.22. The van der Waals surface area contributed by atoms with Gasteiger partial charge in [-0.3, -0.25) is 4.68 Å². The number of benzene rings is 1. The first-order chi connectivity index (χ1) is 8.85. The van der Waals surface area contributed by atoms with Crippen LogP contribution in [0.1, 0.15) is 11.9 Å². The van der Waals surface area contributed by atoms with Crippen LogP contribution in [0.2, 0.25) is 0 Å². The summed E-state index contributed by atoms with van der Waals surface area (Å²) in [6.07, 6.45) is 3.63. The molecule has 0 N–H and O–H groups in total. The Kier molecular flexibility index (Phi) is 2.98. The highest BCUT2D eigenvalue weighted by atomic mass is 32.1. The van der Waals surface area contributed by atoms with Crippen LogP contribution >= 0.6 is 11.3 Å². The smallest absolute Gasteiger partial charge is 0.157 e. The fourth-order valence-electron chi connectivity index (χ4n) is 1.72. The lowest BCUT2D eigenvalue weighted by Gasteiger charge is -1.98. The van der Waals surface area contributed by atoms with Gasteiger partial charge in [0.25, 0.3) is 0 Å². The first-order valence-electron chi connectivity index (χ1n) is 5.85. The zero-order valence-electron chi connectivity index (χ0n) is 10.0. The van der Waals surface area contributed by atoms with E-state index in [0.29, 0.717) is 6.61 Å². The van der Waals surface area contributed by atoms with Gasteiger partial charge in [-0.25, -0.2) is 4.98 Å². The van der Waals surface area contributed by atoms with Crippen molar-refractivity contribution in [3.05, 3.63) is 41.7 Å². The number of hydrogen-bond donors (Lipinski definition) is 0. The summed E-state index contributed by atoms with van der Waals surface area (Å²) in [5.41, 5.74) is 1.03. The van der Waals surface area contributed by atoms with Gasteiger partial charge < -0.3 is 4.74 Å². The molecule has 5 heteroatoms. The minimum absolute atomic E-state index is 0.495. The van der Waals surface area contributed by atoms with E-state index in [0.717, 1.165) is 22.8 Å². The van der Waals surface area contributed by atoms with Gasteiger partial charge in [0, 0.05) is 6.54 Å². The molecule has 0 saturated carbocycles. The number of aromatic nitrogens is 3. The van der Waals surface area contributed by atoms with Crippen LogP contribution < -0.4 is 4.74 Å². The van der Waals surface area contributed by atoms with Crippen LogP contribution in [-0.4, -0.2) is 14.8 Å². The molecular formula is C13H13N3OS. The fourth-order valence-corrected chi connectivity index (χ4v) is 2.60. The van der Waals surface area contributed by atoms with E-state index in [4.69, 9.17) is 4.74 Å². The highest BCUT2D eigenvalue weighted by molar-refractivity contribution is 7.18. The van der Waals surface area contributed by atoms with Crippen molar-refractivity contribution >= 4 is 21.6 Å². The molecule has 4 nitrogen and oxygen atoms in total. The lowest BCUT2D eigenvalue weighted by Crippen LogP contribution is -1.94. The largest absolute Gasteiger partial charge is 0.483 e. The Balaban J connectivity index is 1.72. The van der Waals surface area contributed by atoms with Gasteiger partial charge in [0.05, 0.1) is 22.6 Å². The molecule has 0 aliphatic rings. The Labute approximate surface area is 109 Å². The predicted octanol–water partition coefficient (Wildman–Crippen LogP) is 3.09. The number of rotatable bonds is 4. The van der Waals surface area contributed by atoms with E-state index in [9.17, 15) is 0 Å². The minimum atomic E-state index is 0.495. The predicted molar refractivity (Wildman–Crippen MR) is 71.9 cm³/mol. The van der Waals surface area contributed by atoms with Crippen LogP contribution in [-0.2, 0) is 13.2 Å². The third-order valence-corrected chi connectivity index (χ3v) is 3.64. The van der Waals surface area contributed by atoms with Crippen molar-refractivity contribution < 1.29 is 4.74 Å². The van der Waals surface area contributed by atoms with E-state index in [2.05, 4.69) is 16.1 Å². The molecule has 18 heavy (non-hydrogen) atoms. The molecule has 0 radical (unpaired) electrons. The van der Waals surface area contributed by atoms with E-state index >= 15 is 0 Å². The van der Waals surface area contributed by atoms with E-state index < -0.39 is 0 Å². The summed E-state index contributed by atoms with van der Waals surface area (Å²) >= 11 is 1.67. The van der Waals surface area contributed by atoms with Crippen LogP contribution in [0.4, 0.5) is 0 Å². The molecule has 0 unspecified atom stereocenters.